The molecule has 2 heterocycles. The smallest absolute Gasteiger partial charge is 0.249 e. The third-order valence-electron chi connectivity index (χ3n) is 4.33. The van der Waals surface area contributed by atoms with Crippen molar-refractivity contribution in [3.05, 3.63) is 23.9 Å². The lowest BCUT2D eigenvalue weighted by Crippen LogP contribution is -2.37. The highest BCUT2D eigenvalue weighted by Gasteiger charge is 2.41. The molecule has 6 nitrogen and oxygen atoms in total. The standard InChI is InChI=1S/C15H21N3O3/c1-10-16-14(21-17-10)13-8-12(20-2)9-18(13)15(19)11-6-4-3-5-7-11/h3-4,11-13H,5-9H2,1-2H3/t11-,12-,13+/m0/s1. The van der Waals surface area contributed by atoms with E-state index in [1.165, 1.54) is 0 Å². The number of carbonyl (C=O) groups is 1. The van der Waals surface area contributed by atoms with E-state index in [-0.39, 0.29) is 24.0 Å². The molecule has 2 aliphatic rings. The van der Waals surface area contributed by atoms with E-state index in [0.29, 0.717) is 24.7 Å². The van der Waals surface area contributed by atoms with Crippen LogP contribution in [0.4, 0.5) is 0 Å². The van der Waals surface area contributed by atoms with Crippen molar-refractivity contribution in [2.75, 3.05) is 13.7 Å². The summed E-state index contributed by atoms with van der Waals surface area (Å²) in [5, 5.41) is 3.84. The predicted octanol–water partition coefficient (Wildman–Crippen LogP) is 2.02. The van der Waals surface area contributed by atoms with Gasteiger partial charge in [-0.2, -0.15) is 4.98 Å². The van der Waals surface area contributed by atoms with Gasteiger partial charge in [0.1, 0.15) is 6.04 Å². The summed E-state index contributed by atoms with van der Waals surface area (Å²) < 4.78 is 10.7. The number of aromatic nitrogens is 2. The van der Waals surface area contributed by atoms with Crippen LogP contribution in [0.2, 0.25) is 0 Å². The van der Waals surface area contributed by atoms with Crippen molar-refractivity contribution in [3.8, 4) is 0 Å². The molecular formula is C15H21N3O3. The number of rotatable bonds is 3. The topological polar surface area (TPSA) is 68.5 Å². The van der Waals surface area contributed by atoms with Gasteiger partial charge in [-0.25, -0.2) is 0 Å². The summed E-state index contributed by atoms with van der Waals surface area (Å²) in [5.41, 5.74) is 0. The second kappa shape index (κ2) is 5.97. The molecule has 21 heavy (non-hydrogen) atoms. The van der Waals surface area contributed by atoms with E-state index >= 15 is 0 Å². The fourth-order valence-electron chi connectivity index (χ4n) is 3.15. The average molecular weight is 291 g/mol. The summed E-state index contributed by atoms with van der Waals surface area (Å²) in [5.74, 6) is 1.36. The van der Waals surface area contributed by atoms with E-state index < -0.39 is 0 Å². The minimum atomic E-state index is -0.158. The van der Waals surface area contributed by atoms with Gasteiger partial charge in [-0.3, -0.25) is 4.79 Å². The maximum absolute atomic E-state index is 12.8. The van der Waals surface area contributed by atoms with Gasteiger partial charge in [-0.05, 0) is 26.2 Å². The van der Waals surface area contributed by atoms with Crippen LogP contribution < -0.4 is 0 Å². The van der Waals surface area contributed by atoms with Gasteiger partial charge in [0.25, 0.3) is 0 Å². The van der Waals surface area contributed by atoms with Crippen LogP contribution in [0.3, 0.4) is 0 Å². The third kappa shape index (κ3) is 2.85. The molecule has 0 bridgehead atoms. The molecule has 1 aliphatic heterocycles. The molecule has 1 aromatic rings. The Morgan fingerprint density at radius 3 is 2.95 bits per heavy atom. The van der Waals surface area contributed by atoms with Crippen LogP contribution in [0.15, 0.2) is 16.7 Å². The Balaban J connectivity index is 1.80. The van der Waals surface area contributed by atoms with E-state index in [1.54, 1.807) is 14.0 Å². The van der Waals surface area contributed by atoms with Crippen molar-refractivity contribution in [3.63, 3.8) is 0 Å². The molecule has 1 saturated heterocycles. The van der Waals surface area contributed by atoms with Crippen molar-refractivity contribution < 1.29 is 14.1 Å². The summed E-state index contributed by atoms with van der Waals surface area (Å²) in [6, 6.07) is -0.158. The van der Waals surface area contributed by atoms with Crippen molar-refractivity contribution in [1.82, 2.24) is 15.0 Å². The monoisotopic (exact) mass is 291 g/mol. The fourth-order valence-corrected chi connectivity index (χ4v) is 3.15. The first-order valence-corrected chi connectivity index (χ1v) is 7.47. The molecule has 0 radical (unpaired) electrons. The minimum Gasteiger partial charge on any atom is -0.380 e. The molecule has 3 rings (SSSR count). The molecule has 0 saturated carbocycles. The van der Waals surface area contributed by atoms with E-state index in [0.717, 1.165) is 19.3 Å². The van der Waals surface area contributed by atoms with E-state index in [4.69, 9.17) is 9.26 Å². The zero-order valence-electron chi connectivity index (χ0n) is 12.5. The van der Waals surface area contributed by atoms with Crippen molar-refractivity contribution in [2.24, 2.45) is 5.92 Å². The van der Waals surface area contributed by atoms with Gasteiger partial charge in [0.15, 0.2) is 5.82 Å². The van der Waals surface area contributed by atoms with E-state index in [9.17, 15) is 4.79 Å². The number of amides is 1. The van der Waals surface area contributed by atoms with Crippen LogP contribution in [-0.2, 0) is 9.53 Å². The number of methoxy groups -OCH3 is 1. The highest BCUT2D eigenvalue weighted by Crippen LogP contribution is 2.35. The van der Waals surface area contributed by atoms with Gasteiger partial charge >= 0.3 is 0 Å². The summed E-state index contributed by atoms with van der Waals surface area (Å²) in [7, 11) is 1.68. The number of hydrogen-bond acceptors (Lipinski definition) is 5. The quantitative estimate of drug-likeness (QED) is 0.797. The second-order valence-electron chi connectivity index (χ2n) is 5.76. The summed E-state index contributed by atoms with van der Waals surface area (Å²) in [6.45, 7) is 2.38. The third-order valence-corrected chi connectivity index (χ3v) is 4.33. The lowest BCUT2D eigenvalue weighted by atomic mass is 9.93. The number of ether oxygens (including phenoxy) is 1. The second-order valence-corrected chi connectivity index (χ2v) is 5.76. The number of carbonyl (C=O) groups excluding carboxylic acids is 1. The van der Waals surface area contributed by atoms with Gasteiger partial charge in [0.05, 0.1) is 6.10 Å². The van der Waals surface area contributed by atoms with Crippen LogP contribution in [0.5, 0.6) is 0 Å². The Hall–Kier alpha value is -1.69. The van der Waals surface area contributed by atoms with Gasteiger partial charge in [0.2, 0.25) is 11.8 Å². The van der Waals surface area contributed by atoms with Crippen molar-refractivity contribution >= 4 is 5.91 Å². The summed E-state index contributed by atoms with van der Waals surface area (Å²) >= 11 is 0. The molecule has 0 aromatic carbocycles. The first-order valence-electron chi connectivity index (χ1n) is 7.47. The average Bonchev–Trinajstić information content (AvgIpc) is 3.13. The molecule has 0 unspecified atom stereocenters. The highest BCUT2D eigenvalue weighted by molar-refractivity contribution is 5.80. The molecule has 0 spiro atoms. The van der Waals surface area contributed by atoms with E-state index in [2.05, 4.69) is 22.3 Å². The van der Waals surface area contributed by atoms with Crippen LogP contribution >= 0.6 is 0 Å². The first kappa shape index (κ1) is 14.3. The van der Waals surface area contributed by atoms with Crippen molar-refractivity contribution in [1.29, 1.82) is 0 Å². The molecule has 1 amide bonds. The Morgan fingerprint density at radius 2 is 2.33 bits per heavy atom. The molecule has 1 aliphatic carbocycles. The van der Waals surface area contributed by atoms with Crippen LogP contribution in [0.25, 0.3) is 0 Å². The Labute approximate surface area is 124 Å². The lowest BCUT2D eigenvalue weighted by molar-refractivity contribution is -0.137. The number of aryl methyl sites for hydroxylation is 1. The predicted molar refractivity (Wildman–Crippen MR) is 75.4 cm³/mol. The Bertz CT molecular complexity index is 540. The molecule has 6 heteroatoms. The highest BCUT2D eigenvalue weighted by atomic mass is 16.5. The first-order chi connectivity index (χ1) is 10.2. The van der Waals surface area contributed by atoms with Gasteiger partial charge in [0, 0.05) is 26.0 Å². The van der Waals surface area contributed by atoms with Crippen LogP contribution in [0.1, 0.15) is 43.4 Å². The molecule has 3 atom stereocenters. The molecule has 0 N–H and O–H groups in total. The lowest BCUT2D eigenvalue weighted by Gasteiger charge is -2.27. The molecule has 1 aromatic heterocycles. The zero-order chi connectivity index (χ0) is 14.8. The minimum absolute atomic E-state index is 0.0327. The van der Waals surface area contributed by atoms with Crippen LogP contribution in [0, 0.1) is 12.8 Å². The summed E-state index contributed by atoms with van der Waals surface area (Å²) in [4.78, 5) is 19.0. The zero-order valence-corrected chi connectivity index (χ0v) is 12.5. The number of hydrogen-bond donors (Lipinski definition) is 0. The molecule has 1 fully saturated rings. The van der Waals surface area contributed by atoms with Crippen LogP contribution in [-0.4, -0.2) is 40.7 Å². The Morgan fingerprint density at radius 1 is 1.48 bits per heavy atom. The SMILES string of the molecule is CO[C@H]1C[C@H](c2nc(C)no2)N(C(=O)[C@H]2CC=CCC2)C1. The number of allylic oxidation sites excluding steroid dienone is 2. The largest absolute Gasteiger partial charge is 0.380 e. The number of nitrogens with zero attached hydrogens (tertiary/aromatic N) is 3. The maximum Gasteiger partial charge on any atom is 0.249 e. The fraction of sp³-hybridized carbons (Fsp3) is 0.667. The normalized spacial score (nSPS) is 29.0. The summed E-state index contributed by atoms with van der Waals surface area (Å²) in [6.07, 6.45) is 7.70. The number of likely N-dealkylation sites (tertiary alicyclic amines) is 1. The van der Waals surface area contributed by atoms with E-state index in [1.807, 2.05) is 4.90 Å². The van der Waals surface area contributed by atoms with Gasteiger partial charge < -0.3 is 14.2 Å². The molecular weight excluding hydrogens is 270 g/mol. The van der Waals surface area contributed by atoms with Crippen molar-refractivity contribution in [2.45, 2.75) is 44.8 Å². The van der Waals surface area contributed by atoms with Gasteiger partial charge in [-0.1, -0.05) is 17.3 Å². The Kier molecular flexibility index (Phi) is 4.05. The van der Waals surface area contributed by atoms with Gasteiger partial charge in [-0.15, -0.1) is 0 Å². The maximum atomic E-state index is 12.8. The molecule has 114 valence electrons.